The summed E-state index contributed by atoms with van der Waals surface area (Å²) in [7, 11) is 3.36. The Labute approximate surface area is 174 Å². The summed E-state index contributed by atoms with van der Waals surface area (Å²) in [5.41, 5.74) is 1.15. The van der Waals surface area contributed by atoms with Crippen LogP contribution in [0.1, 0.15) is 71.1 Å². The van der Waals surface area contributed by atoms with Crippen molar-refractivity contribution >= 4 is 22.5 Å². The van der Waals surface area contributed by atoms with Crippen molar-refractivity contribution in [1.82, 2.24) is 4.57 Å². The predicted octanol–water partition coefficient (Wildman–Crippen LogP) is 5.72. The van der Waals surface area contributed by atoms with E-state index in [1.54, 1.807) is 21.1 Å². The lowest BCUT2D eigenvalue weighted by atomic mass is 10.0. The summed E-state index contributed by atoms with van der Waals surface area (Å²) in [6.07, 6.45) is 11.6. The number of ketones is 2. The van der Waals surface area contributed by atoms with Crippen LogP contribution in [0.15, 0.2) is 24.4 Å². The van der Waals surface area contributed by atoms with E-state index in [-0.39, 0.29) is 11.6 Å². The molecule has 0 aliphatic carbocycles. The van der Waals surface area contributed by atoms with Gasteiger partial charge >= 0.3 is 0 Å². The van der Waals surface area contributed by atoms with E-state index in [9.17, 15) is 9.59 Å². The number of unbranched alkanes of at least 4 members (excludes halogenated alkanes) is 6. The number of Topliss-reactive ketones (excluding diaryl/α,β-unsaturated/α-hetero) is 2. The van der Waals surface area contributed by atoms with Crippen molar-refractivity contribution in [2.24, 2.45) is 0 Å². The van der Waals surface area contributed by atoms with Crippen LogP contribution in [0.4, 0.5) is 0 Å². The van der Waals surface area contributed by atoms with E-state index in [0.29, 0.717) is 19.3 Å². The Bertz CT molecular complexity index is 794. The van der Waals surface area contributed by atoms with E-state index in [1.807, 2.05) is 6.07 Å². The minimum atomic E-state index is 0.101. The molecule has 2 rings (SSSR count). The molecule has 0 radical (unpaired) electrons. The molecule has 0 aliphatic rings. The summed E-state index contributed by atoms with van der Waals surface area (Å²) in [6, 6.07) is 6.09. The fourth-order valence-corrected chi connectivity index (χ4v) is 3.65. The Hall–Kier alpha value is -2.30. The predicted molar refractivity (Wildman–Crippen MR) is 117 cm³/mol. The molecule has 0 saturated heterocycles. The van der Waals surface area contributed by atoms with E-state index in [2.05, 4.69) is 22.9 Å². The quantitative estimate of drug-likeness (QED) is 0.358. The summed E-state index contributed by atoms with van der Waals surface area (Å²) in [5, 5.41) is 1.12. The van der Waals surface area contributed by atoms with Gasteiger partial charge < -0.3 is 18.8 Å². The number of fused-ring (bicyclic) bond motifs is 1. The minimum Gasteiger partial charge on any atom is -0.497 e. The van der Waals surface area contributed by atoms with Crippen LogP contribution in [0.5, 0.6) is 11.5 Å². The lowest BCUT2D eigenvalue weighted by Crippen LogP contribution is -2.01. The van der Waals surface area contributed by atoms with Crippen LogP contribution in [0.2, 0.25) is 0 Å². The zero-order chi connectivity index (χ0) is 21.1. The molecule has 0 N–H and O–H groups in total. The van der Waals surface area contributed by atoms with E-state index >= 15 is 0 Å². The lowest BCUT2D eigenvalue weighted by Gasteiger charge is -2.09. The zero-order valence-corrected chi connectivity index (χ0v) is 18.2. The maximum absolute atomic E-state index is 11.6. The summed E-state index contributed by atoms with van der Waals surface area (Å²) in [5.74, 6) is 1.99. The number of rotatable bonds is 15. The Morgan fingerprint density at radius 1 is 0.862 bits per heavy atom. The second-order valence-electron chi connectivity index (χ2n) is 7.74. The van der Waals surface area contributed by atoms with Crippen molar-refractivity contribution in [1.29, 1.82) is 0 Å². The van der Waals surface area contributed by atoms with Gasteiger partial charge in [-0.25, -0.2) is 0 Å². The number of nitrogens with zero attached hydrogens (tertiary/aromatic N) is 1. The highest BCUT2D eigenvalue weighted by Crippen LogP contribution is 2.32. The van der Waals surface area contributed by atoms with Crippen LogP contribution in [0.3, 0.4) is 0 Å². The number of hydrogen-bond acceptors (Lipinski definition) is 4. The molecule has 29 heavy (non-hydrogen) atoms. The third-order valence-corrected chi connectivity index (χ3v) is 5.39. The van der Waals surface area contributed by atoms with Crippen molar-refractivity contribution in [3.8, 4) is 11.5 Å². The zero-order valence-electron chi connectivity index (χ0n) is 18.2. The van der Waals surface area contributed by atoms with Crippen LogP contribution in [-0.2, 0) is 16.1 Å². The highest BCUT2D eigenvalue weighted by molar-refractivity contribution is 5.88. The Morgan fingerprint density at radius 2 is 1.55 bits per heavy atom. The van der Waals surface area contributed by atoms with E-state index < -0.39 is 0 Å². The Balaban J connectivity index is 1.61. The van der Waals surface area contributed by atoms with E-state index in [0.717, 1.165) is 48.2 Å². The Kier molecular flexibility index (Phi) is 9.75. The first kappa shape index (κ1) is 23.0. The van der Waals surface area contributed by atoms with Gasteiger partial charge in [-0.2, -0.15) is 0 Å². The molecule has 1 aromatic carbocycles. The van der Waals surface area contributed by atoms with Gasteiger partial charge in [0.25, 0.3) is 0 Å². The van der Waals surface area contributed by atoms with Crippen LogP contribution in [0.25, 0.3) is 10.9 Å². The molecule has 0 bridgehead atoms. The number of aromatic nitrogens is 1. The van der Waals surface area contributed by atoms with Crippen molar-refractivity contribution < 1.29 is 19.1 Å². The minimum absolute atomic E-state index is 0.101. The highest BCUT2D eigenvalue weighted by Gasteiger charge is 2.09. The first-order valence-electron chi connectivity index (χ1n) is 10.8. The molecule has 0 unspecified atom stereocenters. The number of benzene rings is 1. The summed E-state index contributed by atoms with van der Waals surface area (Å²) >= 11 is 0. The molecule has 0 aliphatic heterocycles. The molecule has 160 valence electrons. The third kappa shape index (κ3) is 7.56. The number of carbonyl (C=O) groups excluding carboxylic acids is 2. The number of aryl methyl sites for hydroxylation is 1. The van der Waals surface area contributed by atoms with Gasteiger partial charge in [0, 0.05) is 49.5 Å². The van der Waals surface area contributed by atoms with Gasteiger partial charge in [-0.1, -0.05) is 32.1 Å². The molecule has 0 spiro atoms. The van der Waals surface area contributed by atoms with Crippen LogP contribution >= 0.6 is 0 Å². The van der Waals surface area contributed by atoms with Crippen LogP contribution < -0.4 is 9.47 Å². The fraction of sp³-hybridized carbons (Fsp3) is 0.583. The van der Waals surface area contributed by atoms with Crippen molar-refractivity contribution in [3.05, 3.63) is 24.4 Å². The molecule has 2 aromatic rings. The van der Waals surface area contributed by atoms with E-state index in [1.165, 1.54) is 25.7 Å². The molecule has 0 atom stereocenters. The van der Waals surface area contributed by atoms with Crippen molar-refractivity contribution in [3.63, 3.8) is 0 Å². The third-order valence-electron chi connectivity index (χ3n) is 5.39. The van der Waals surface area contributed by atoms with Crippen LogP contribution in [-0.4, -0.2) is 30.4 Å². The smallest absolute Gasteiger partial charge is 0.133 e. The molecular formula is C24H35NO4. The fourth-order valence-electron chi connectivity index (χ4n) is 3.65. The number of hydrogen-bond donors (Lipinski definition) is 0. The number of carbonyl (C=O) groups is 2. The molecule has 5 nitrogen and oxygen atoms in total. The largest absolute Gasteiger partial charge is 0.497 e. The lowest BCUT2D eigenvalue weighted by molar-refractivity contribution is -0.123. The molecular weight excluding hydrogens is 366 g/mol. The number of methoxy groups -OCH3 is 2. The molecule has 1 heterocycles. The van der Waals surface area contributed by atoms with Crippen molar-refractivity contribution in [2.45, 2.75) is 77.7 Å². The van der Waals surface area contributed by atoms with Gasteiger partial charge in [-0.05, 0) is 25.8 Å². The second kappa shape index (κ2) is 12.3. The average molecular weight is 402 g/mol. The second-order valence-corrected chi connectivity index (χ2v) is 7.74. The molecule has 0 amide bonds. The average Bonchev–Trinajstić information content (AvgIpc) is 3.13. The molecule has 0 fully saturated rings. The van der Waals surface area contributed by atoms with Gasteiger partial charge in [0.05, 0.1) is 19.7 Å². The van der Waals surface area contributed by atoms with Gasteiger partial charge in [0.15, 0.2) is 0 Å². The maximum atomic E-state index is 11.6. The monoisotopic (exact) mass is 401 g/mol. The van der Waals surface area contributed by atoms with Crippen molar-refractivity contribution in [2.75, 3.05) is 14.2 Å². The first-order valence-corrected chi connectivity index (χ1v) is 10.8. The van der Waals surface area contributed by atoms with Gasteiger partial charge in [-0.3, -0.25) is 4.79 Å². The topological polar surface area (TPSA) is 57.5 Å². The van der Waals surface area contributed by atoms with Gasteiger partial charge in [0.2, 0.25) is 0 Å². The summed E-state index contributed by atoms with van der Waals surface area (Å²) in [4.78, 5) is 22.5. The van der Waals surface area contributed by atoms with E-state index in [4.69, 9.17) is 9.47 Å². The number of ether oxygens (including phenoxy) is 2. The molecule has 1 aromatic heterocycles. The standard InChI is InChI=1S/C24H35NO4/c1-19(26)12-13-20(27)11-9-7-5-4-6-8-10-15-25-16-14-22-23(25)17-21(28-2)18-24(22)29-3/h14,16-18H,4-13,15H2,1-3H3. The van der Waals surface area contributed by atoms with Crippen LogP contribution in [0, 0.1) is 0 Å². The van der Waals surface area contributed by atoms with Gasteiger partial charge in [0.1, 0.15) is 23.1 Å². The molecule has 0 saturated carbocycles. The Morgan fingerprint density at radius 3 is 2.21 bits per heavy atom. The normalized spacial score (nSPS) is 11.0. The highest BCUT2D eigenvalue weighted by atomic mass is 16.5. The molecule has 5 heteroatoms. The SMILES string of the molecule is COc1cc(OC)c2ccn(CCCCCCCCCC(=O)CCC(C)=O)c2c1. The summed E-state index contributed by atoms with van der Waals surface area (Å²) in [6.45, 7) is 2.53. The van der Waals surface area contributed by atoms with Gasteiger partial charge in [-0.15, -0.1) is 0 Å². The first-order chi connectivity index (χ1) is 14.0. The maximum Gasteiger partial charge on any atom is 0.133 e. The summed E-state index contributed by atoms with van der Waals surface area (Å²) < 4.78 is 13.1.